The summed E-state index contributed by atoms with van der Waals surface area (Å²) in [4.78, 5) is 38.5. The largest absolute Gasteiger partial charge is 0.481 e. The lowest BCUT2D eigenvalue weighted by atomic mass is 9.84. The fourth-order valence-electron chi connectivity index (χ4n) is 2.06. The van der Waals surface area contributed by atoms with Gasteiger partial charge in [-0.3, -0.25) is 14.9 Å². The maximum atomic E-state index is 12.0. The van der Waals surface area contributed by atoms with E-state index in [1.807, 2.05) is 0 Å². The molecule has 1 aromatic rings. The number of aromatic nitrogens is 2. The molecule has 3 N–H and O–H groups in total. The predicted molar refractivity (Wildman–Crippen MR) is 58.4 cm³/mol. The fourth-order valence-corrected chi connectivity index (χ4v) is 2.06. The molecule has 2 rings (SSSR count). The SMILES string of the molecule is CC(C(=O)O)C1(c2nccn2C)NC(=O)NC1=O. The van der Waals surface area contributed by atoms with Gasteiger partial charge in [-0.25, -0.2) is 9.78 Å². The van der Waals surface area contributed by atoms with E-state index in [-0.39, 0.29) is 5.82 Å². The van der Waals surface area contributed by atoms with E-state index in [2.05, 4.69) is 15.6 Å². The van der Waals surface area contributed by atoms with Gasteiger partial charge in [0.25, 0.3) is 5.91 Å². The van der Waals surface area contributed by atoms with Gasteiger partial charge < -0.3 is 15.0 Å². The Kier molecular flexibility index (Phi) is 2.57. The van der Waals surface area contributed by atoms with E-state index in [9.17, 15) is 14.4 Å². The number of hydrogen-bond acceptors (Lipinski definition) is 4. The summed E-state index contributed by atoms with van der Waals surface area (Å²) in [6.07, 6.45) is 3.01. The van der Waals surface area contributed by atoms with Crippen molar-refractivity contribution in [1.29, 1.82) is 0 Å². The van der Waals surface area contributed by atoms with Gasteiger partial charge in [-0.15, -0.1) is 0 Å². The van der Waals surface area contributed by atoms with Crippen LogP contribution in [0.5, 0.6) is 0 Å². The van der Waals surface area contributed by atoms with Crippen molar-refractivity contribution in [3.8, 4) is 0 Å². The van der Waals surface area contributed by atoms with Gasteiger partial charge in [-0.2, -0.15) is 0 Å². The van der Waals surface area contributed by atoms with Crippen molar-refractivity contribution in [3.63, 3.8) is 0 Å². The van der Waals surface area contributed by atoms with Crippen molar-refractivity contribution < 1.29 is 19.5 Å². The minimum absolute atomic E-state index is 0.181. The van der Waals surface area contributed by atoms with Gasteiger partial charge in [0.1, 0.15) is 5.82 Å². The fraction of sp³-hybridized carbons (Fsp3) is 0.400. The Morgan fingerprint density at radius 2 is 2.22 bits per heavy atom. The Morgan fingerprint density at radius 3 is 2.61 bits per heavy atom. The summed E-state index contributed by atoms with van der Waals surface area (Å²) in [5.74, 6) is -2.88. The Hall–Kier alpha value is -2.38. The van der Waals surface area contributed by atoms with Gasteiger partial charge in [-0.1, -0.05) is 0 Å². The third kappa shape index (κ3) is 1.45. The number of hydrogen-bond donors (Lipinski definition) is 3. The quantitative estimate of drug-likeness (QED) is 0.608. The predicted octanol–water partition coefficient (Wildman–Crippen LogP) is -0.824. The second-order valence-corrected chi connectivity index (χ2v) is 4.14. The number of carbonyl (C=O) groups is 3. The highest BCUT2D eigenvalue weighted by atomic mass is 16.4. The van der Waals surface area contributed by atoms with Crippen LogP contribution < -0.4 is 10.6 Å². The van der Waals surface area contributed by atoms with Crippen LogP contribution in [0.15, 0.2) is 12.4 Å². The molecular formula is C10H12N4O4. The average molecular weight is 252 g/mol. The van der Waals surface area contributed by atoms with Crippen molar-refractivity contribution in [2.75, 3.05) is 0 Å². The molecule has 1 saturated heterocycles. The summed E-state index contributed by atoms with van der Waals surface area (Å²) in [6, 6.07) is -0.726. The van der Waals surface area contributed by atoms with Gasteiger partial charge in [0.2, 0.25) is 0 Å². The Morgan fingerprint density at radius 1 is 1.56 bits per heavy atom. The first-order chi connectivity index (χ1) is 8.39. The molecule has 0 saturated carbocycles. The molecule has 0 aliphatic carbocycles. The van der Waals surface area contributed by atoms with Gasteiger partial charge in [0, 0.05) is 19.4 Å². The van der Waals surface area contributed by atoms with Crippen LogP contribution in [-0.4, -0.2) is 32.6 Å². The lowest BCUT2D eigenvalue weighted by Gasteiger charge is -2.28. The molecule has 1 aromatic heterocycles. The van der Waals surface area contributed by atoms with Crippen LogP contribution in [-0.2, 0) is 22.2 Å². The summed E-state index contributed by atoms with van der Waals surface area (Å²) in [7, 11) is 1.62. The molecule has 18 heavy (non-hydrogen) atoms. The van der Waals surface area contributed by atoms with Gasteiger partial charge in [0.05, 0.1) is 5.92 Å². The third-order valence-electron chi connectivity index (χ3n) is 3.09. The molecule has 2 unspecified atom stereocenters. The molecule has 0 aromatic carbocycles. The van der Waals surface area contributed by atoms with Crippen molar-refractivity contribution in [2.45, 2.75) is 12.5 Å². The van der Waals surface area contributed by atoms with Crippen molar-refractivity contribution >= 4 is 17.9 Å². The summed E-state index contributed by atoms with van der Waals surface area (Å²) >= 11 is 0. The van der Waals surface area contributed by atoms with Crippen LogP contribution in [0, 0.1) is 5.92 Å². The molecule has 0 radical (unpaired) electrons. The van der Waals surface area contributed by atoms with Crippen molar-refractivity contribution in [1.82, 2.24) is 20.2 Å². The van der Waals surface area contributed by atoms with E-state index in [4.69, 9.17) is 5.11 Å². The molecular weight excluding hydrogens is 240 g/mol. The van der Waals surface area contributed by atoms with Crippen LogP contribution in [0.3, 0.4) is 0 Å². The highest BCUT2D eigenvalue weighted by molar-refractivity contribution is 6.08. The summed E-state index contributed by atoms with van der Waals surface area (Å²) in [5, 5.41) is 13.6. The molecule has 1 aliphatic rings. The summed E-state index contributed by atoms with van der Waals surface area (Å²) in [6.45, 7) is 1.35. The van der Waals surface area contributed by atoms with Gasteiger partial charge in [0.15, 0.2) is 5.54 Å². The third-order valence-corrected chi connectivity index (χ3v) is 3.09. The monoisotopic (exact) mass is 252 g/mol. The molecule has 2 heterocycles. The lowest BCUT2D eigenvalue weighted by molar-refractivity contribution is -0.147. The van der Waals surface area contributed by atoms with Crippen LogP contribution in [0.2, 0.25) is 0 Å². The van der Waals surface area contributed by atoms with E-state index in [0.717, 1.165) is 0 Å². The highest BCUT2D eigenvalue weighted by Crippen LogP contribution is 2.31. The van der Waals surface area contributed by atoms with Gasteiger partial charge >= 0.3 is 12.0 Å². The molecule has 1 aliphatic heterocycles. The van der Waals surface area contributed by atoms with Crippen LogP contribution in [0.4, 0.5) is 4.79 Å². The first kappa shape index (κ1) is 12.1. The molecule has 3 amide bonds. The Balaban J connectivity index is 2.61. The van der Waals surface area contributed by atoms with Crippen LogP contribution in [0.25, 0.3) is 0 Å². The number of nitrogens with one attached hydrogen (secondary N) is 2. The highest BCUT2D eigenvalue weighted by Gasteiger charge is 2.56. The molecule has 0 spiro atoms. The number of aliphatic carboxylic acids is 1. The maximum Gasteiger partial charge on any atom is 0.322 e. The minimum Gasteiger partial charge on any atom is -0.481 e. The van der Waals surface area contributed by atoms with Crippen molar-refractivity contribution in [2.24, 2.45) is 13.0 Å². The molecule has 1 fully saturated rings. The molecule has 2 atom stereocenters. The number of carboxylic acid groups (broad SMARTS) is 1. The number of imidazole rings is 1. The summed E-state index contributed by atoms with van der Waals surface area (Å²) < 4.78 is 1.50. The molecule has 96 valence electrons. The molecule has 0 bridgehead atoms. The topological polar surface area (TPSA) is 113 Å². The number of amides is 3. The number of carbonyl (C=O) groups excluding carboxylic acids is 2. The van der Waals surface area contributed by atoms with E-state index < -0.39 is 29.4 Å². The van der Waals surface area contributed by atoms with E-state index >= 15 is 0 Å². The smallest absolute Gasteiger partial charge is 0.322 e. The zero-order valence-corrected chi connectivity index (χ0v) is 9.80. The first-order valence-electron chi connectivity index (χ1n) is 5.23. The zero-order chi connectivity index (χ0) is 13.5. The number of urea groups is 1. The number of nitrogens with zero attached hydrogens (tertiary/aromatic N) is 2. The molecule has 8 nitrogen and oxygen atoms in total. The number of aryl methyl sites for hydroxylation is 1. The van der Waals surface area contributed by atoms with Crippen molar-refractivity contribution in [3.05, 3.63) is 18.2 Å². The summed E-state index contributed by atoms with van der Waals surface area (Å²) in [5.41, 5.74) is -1.68. The Labute approximate surface area is 102 Å². The number of carboxylic acids is 1. The van der Waals surface area contributed by atoms with E-state index in [1.165, 1.54) is 17.7 Å². The normalized spacial score (nSPS) is 24.6. The van der Waals surface area contributed by atoms with E-state index in [0.29, 0.717) is 0 Å². The lowest BCUT2D eigenvalue weighted by Crippen LogP contribution is -2.53. The maximum absolute atomic E-state index is 12.0. The number of rotatable bonds is 3. The Bertz CT molecular complexity index is 538. The minimum atomic E-state index is -1.68. The molecule has 8 heteroatoms. The number of imide groups is 1. The van der Waals surface area contributed by atoms with Gasteiger partial charge in [-0.05, 0) is 6.92 Å². The van der Waals surface area contributed by atoms with Crippen LogP contribution >= 0.6 is 0 Å². The second-order valence-electron chi connectivity index (χ2n) is 4.14. The average Bonchev–Trinajstić information content (AvgIpc) is 2.82. The zero-order valence-electron chi connectivity index (χ0n) is 9.80. The first-order valence-corrected chi connectivity index (χ1v) is 5.23. The standard InChI is InChI=1S/C10H12N4O4/c1-5(6(15)16)10(7-11-3-4-14(7)2)8(17)12-9(18)13-10/h3-5H,1-2H3,(H,15,16)(H2,12,13,17,18). The van der Waals surface area contributed by atoms with Crippen LogP contribution in [0.1, 0.15) is 12.7 Å². The second kappa shape index (κ2) is 3.83. The van der Waals surface area contributed by atoms with E-state index in [1.54, 1.807) is 13.2 Å².